The molecule has 1 aliphatic heterocycles. The van der Waals surface area contributed by atoms with Gasteiger partial charge < -0.3 is 16.4 Å². The Balaban J connectivity index is 2.27. The number of rotatable bonds is 6. The van der Waals surface area contributed by atoms with Crippen LogP contribution in [0.1, 0.15) is 33.1 Å². The molecule has 2 atom stereocenters. The quantitative estimate of drug-likeness (QED) is 0.565. The average molecular weight is 270 g/mol. The van der Waals surface area contributed by atoms with Crippen LogP contribution in [-0.2, 0) is 9.59 Å². The number of nitrogens with one attached hydrogen (secondary N) is 2. The maximum absolute atomic E-state index is 11.8. The fourth-order valence-corrected chi connectivity index (χ4v) is 2.49. The summed E-state index contributed by atoms with van der Waals surface area (Å²) in [5.41, 5.74) is 5.97. The van der Waals surface area contributed by atoms with Gasteiger partial charge in [0.2, 0.25) is 11.8 Å². The minimum absolute atomic E-state index is 0.00194. The van der Waals surface area contributed by atoms with Crippen molar-refractivity contribution < 1.29 is 9.59 Å². The second kappa shape index (κ2) is 8.12. The highest BCUT2D eigenvalue weighted by Crippen LogP contribution is 2.18. The number of hydrogen-bond donors (Lipinski definition) is 3. The zero-order valence-electron chi connectivity index (χ0n) is 11.9. The van der Waals surface area contributed by atoms with Crippen LogP contribution in [0.15, 0.2) is 0 Å². The number of hydrogen-bond acceptors (Lipinski definition) is 4. The minimum atomic E-state index is -0.0812. The molecule has 0 aromatic heterocycles. The molecule has 0 saturated carbocycles. The number of nitrogens with two attached hydrogens (primary N) is 1. The van der Waals surface area contributed by atoms with Gasteiger partial charge >= 0.3 is 0 Å². The normalized spacial score (nSPS) is 21.7. The molecule has 0 aromatic carbocycles. The van der Waals surface area contributed by atoms with Crippen LogP contribution >= 0.6 is 0 Å². The molecule has 0 bridgehead atoms. The lowest BCUT2D eigenvalue weighted by atomic mass is 9.97. The molecule has 4 N–H and O–H groups in total. The number of carbonyl (C=O) groups is 2. The number of carbonyl (C=O) groups excluding carboxylic acids is 2. The second-order valence-electron chi connectivity index (χ2n) is 5.23. The summed E-state index contributed by atoms with van der Waals surface area (Å²) in [6.07, 6.45) is 3.38. The highest BCUT2D eigenvalue weighted by Gasteiger charge is 2.26. The van der Waals surface area contributed by atoms with Gasteiger partial charge in [0.25, 0.3) is 0 Å². The molecule has 2 unspecified atom stereocenters. The van der Waals surface area contributed by atoms with Crippen LogP contribution in [0.25, 0.3) is 0 Å². The smallest absolute Gasteiger partial charge is 0.234 e. The molecule has 110 valence electrons. The van der Waals surface area contributed by atoms with Gasteiger partial charge in [0.15, 0.2) is 0 Å². The summed E-state index contributed by atoms with van der Waals surface area (Å²) in [5.74, 6) is -0.0831. The zero-order valence-corrected chi connectivity index (χ0v) is 11.9. The second-order valence-corrected chi connectivity index (χ2v) is 5.23. The van der Waals surface area contributed by atoms with Gasteiger partial charge in [0.1, 0.15) is 0 Å². The minimum Gasteiger partial charge on any atom is -0.355 e. The standard InChI is InChI=1S/C13H26N4O2/c1-10(14)12-5-3-4-8-17(12)9-13(19)16-7-6-15-11(2)18/h10,12H,3-9,14H2,1-2H3,(H,15,18)(H,16,19). The van der Waals surface area contributed by atoms with Crippen LogP contribution < -0.4 is 16.4 Å². The van der Waals surface area contributed by atoms with Crippen molar-refractivity contribution >= 4 is 11.8 Å². The number of nitrogens with zero attached hydrogens (tertiary/aromatic N) is 1. The van der Waals surface area contributed by atoms with E-state index < -0.39 is 0 Å². The van der Waals surface area contributed by atoms with Gasteiger partial charge in [-0.15, -0.1) is 0 Å². The first kappa shape index (κ1) is 15.9. The van der Waals surface area contributed by atoms with E-state index in [1.807, 2.05) is 6.92 Å². The van der Waals surface area contributed by atoms with Crippen LogP contribution in [-0.4, -0.2) is 55.0 Å². The zero-order chi connectivity index (χ0) is 14.3. The summed E-state index contributed by atoms with van der Waals surface area (Å²) in [6.45, 7) is 5.73. The largest absolute Gasteiger partial charge is 0.355 e. The van der Waals surface area contributed by atoms with Crippen molar-refractivity contribution in [1.82, 2.24) is 15.5 Å². The third-order valence-corrected chi connectivity index (χ3v) is 3.44. The van der Waals surface area contributed by atoms with E-state index in [2.05, 4.69) is 15.5 Å². The van der Waals surface area contributed by atoms with Crippen LogP contribution in [0.2, 0.25) is 0 Å². The van der Waals surface area contributed by atoms with Gasteiger partial charge in [-0.05, 0) is 26.3 Å². The highest BCUT2D eigenvalue weighted by atomic mass is 16.2. The molecule has 1 rings (SSSR count). The molecule has 0 radical (unpaired) electrons. The molecule has 1 aliphatic rings. The van der Waals surface area contributed by atoms with Crippen molar-refractivity contribution in [2.45, 2.75) is 45.2 Å². The van der Waals surface area contributed by atoms with Crippen molar-refractivity contribution in [2.75, 3.05) is 26.2 Å². The van der Waals surface area contributed by atoms with Gasteiger partial charge in [0, 0.05) is 32.1 Å². The fraction of sp³-hybridized carbons (Fsp3) is 0.846. The highest BCUT2D eigenvalue weighted by molar-refractivity contribution is 5.78. The lowest BCUT2D eigenvalue weighted by Gasteiger charge is -2.37. The van der Waals surface area contributed by atoms with E-state index >= 15 is 0 Å². The lowest BCUT2D eigenvalue weighted by Crippen LogP contribution is -2.52. The number of amides is 2. The Labute approximate surface area is 115 Å². The first-order valence-corrected chi connectivity index (χ1v) is 7.01. The van der Waals surface area contributed by atoms with Gasteiger partial charge in [-0.3, -0.25) is 14.5 Å². The van der Waals surface area contributed by atoms with E-state index in [-0.39, 0.29) is 17.9 Å². The van der Waals surface area contributed by atoms with Crippen molar-refractivity contribution in [2.24, 2.45) is 5.73 Å². The maximum atomic E-state index is 11.8. The molecule has 1 heterocycles. The fourth-order valence-electron chi connectivity index (χ4n) is 2.49. The van der Waals surface area contributed by atoms with Crippen molar-refractivity contribution in [3.05, 3.63) is 0 Å². The average Bonchev–Trinajstić information content (AvgIpc) is 2.35. The van der Waals surface area contributed by atoms with Crippen LogP contribution in [0.4, 0.5) is 0 Å². The molecule has 0 spiro atoms. The Bertz CT molecular complexity index is 307. The Morgan fingerprint density at radius 2 is 2.00 bits per heavy atom. The van der Waals surface area contributed by atoms with E-state index in [0.717, 1.165) is 19.4 Å². The lowest BCUT2D eigenvalue weighted by molar-refractivity contribution is -0.123. The van der Waals surface area contributed by atoms with Crippen LogP contribution in [0.3, 0.4) is 0 Å². The Kier molecular flexibility index (Phi) is 6.80. The third-order valence-electron chi connectivity index (χ3n) is 3.44. The molecule has 1 saturated heterocycles. The molecule has 19 heavy (non-hydrogen) atoms. The summed E-state index contributed by atoms with van der Waals surface area (Å²) in [7, 11) is 0. The molecular weight excluding hydrogens is 244 g/mol. The molecule has 6 nitrogen and oxygen atoms in total. The van der Waals surface area contributed by atoms with E-state index in [9.17, 15) is 9.59 Å². The third kappa shape index (κ3) is 6.02. The Hall–Kier alpha value is -1.14. The summed E-state index contributed by atoms with van der Waals surface area (Å²) in [6, 6.07) is 0.391. The Morgan fingerprint density at radius 1 is 1.32 bits per heavy atom. The molecule has 0 aliphatic carbocycles. The Morgan fingerprint density at radius 3 is 2.63 bits per heavy atom. The van der Waals surface area contributed by atoms with Crippen molar-refractivity contribution in [3.8, 4) is 0 Å². The first-order chi connectivity index (χ1) is 9.00. The van der Waals surface area contributed by atoms with Gasteiger partial charge in [0.05, 0.1) is 6.54 Å². The molecular formula is C13H26N4O2. The SMILES string of the molecule is CC(=O)NCCNC(=O)CN1CCCCC1C(C)N. The molecule has 2 amide bonds. The molecule has 1 fully saturated rings. The van der Waals surface area contributed by atoms with Gasteiger partial charge in [-0.1, -0.05) is 6.42 Å². The topological polar surface area (TPSA) is 87.5 Å². The van der Waals surface area contributed by atoms with Crippen LogP contribution in [0, 0.1) is 0 Å². The van der Waals surface area contributed by atoms with E-state index in [1.165, 1.54) is 13.3 Å². The molecule has 6 heteroatoms. The number of likely N-dealkylation sites (tertiary alicyclic amines) is 1. The maximum Gasteiger partial charge on any atom is 0.234 e. The monoisotopic (exact) mass is 270 g/mol. The van der Waals surface area contributed by atoms with Gasteiger partial charge in [-0.25, -0.2) is 0 Å². The van der Waals surface area contributed by atoms with E-state index in [0.29, 0.717) is 25.7 Å². The van der Waals surface area contributed by atoms with Crippen molar-refractivity contribution in [3.63, 3.8) is 0 Å². The predicted octanol–water partition coefficient (Wildman–Crippen LogP) is -0.560. The van der Waals surface area contributed by atoms with Crippen molar-refractivity contribution in [1.29, 1.82) is 0 Å². The predicted molar refractivity (Wildman–Crippen MR) is 74.6 cm³/mol. The number of piperidine rings is 1. The summed E-state index contributed by atoms with van der Waals surface area (Å²) in [4.78, 5) is 24.7. The van der Waals surface area contributed by atoms with Gasteiger partial charge in [-0.2, -0.15) is 0 Å². The first-order valence-electron chi connectivity index (χ1n) is 7.01. The van der Waals surface area contributed by atoms with E-state index in [1.54, 1.807) is 0 Å². The van der Waals surface area contributed by atoms with Crippen LogP contribution in [0.5, 0.6) is 0 Å². The molecule has 0 aromatic rings. The summed E-state index contributed by atoms with van der Waals surface area (Å²) < 4.78 is 0. The summed E-state index contributed by atoms with van der Waals surface area (Å²) in [5, 5.41) is 5.45. The van der Waals surface area contributed by atoms with E-state index in [4.69, 9.17) is 5.73 Å². The summed E-state index contributed by atoms with van der Waals surface area (Å²) >= 11 is 0.